The standard InChI is InChI=1S/C29H42ClN5O5/c1-5-7-26(40-29(3,4)38)34-14-15-39-25(19-34)27(36)35(21-9-10-21)17-20-8-11-22-23(30)18-33(24(22)16-20)13-12-32-28(37)31-6-2/h7-8,11,16,18,21,25,38H,5-6,9-10,12-15,17,19H2,1-4H3,(H2,31,32,37)/b26-7-. The molecule has 0 radical (unpaired) electrons. The molecule has 1 atom stereocenters. The summed E-state index contributed by atoms with van der Waals surface area (Å²) < 4.78 is 13.8. The Morgan fingerprint density at radius 3 is 2.73 bits per heavy atom. The van der Waals surface area contributed by atoms with Crippen LogP contribution in [0.4, 0.5) is 4.79 Å². The molecule has 3 N–H and O–H groups in total. The molecule has 0 bridgehead atoms. The maximum atomic E-state index is 13.8. The van der Waals surface area contributed by atoms with Crippen molar-refractivity contribution < 1.29 is 24.2 Å². The van der Waals surface area contributed by atoms with Crippen LogP contribution in [0.25, 0.3) is 10.9 Å². The van der Waals surface area contributed by atoms with Crippen molar-refractivity contribution in [2.45, 2.75) is 78.0 Å². The number of allylic oxidation sites excluding steroid dienone is 1. The van der Waals surface area contributed by atoms with Crippen molar-refractivity contribution >= 4 is 34.4 Å². The number of ether oxygens (including phenoxy) is 2. The molecular formula is C29H42ClN5O5. The van der Waals surface area contributed by atoms with E-state index in [0.29, 0.717) is 56.8 Å². The first kappa shape index (κ1) is 30.0. The predicted molar refractivity (Wildman–Crippen MR) is 155 cm³/mol. The number of morpholine rings is 1. The van der Waals surface area contributed by atoms with Gasteiger partial charge in [-0.1, -0.05) is 30.7 Å². The van der Waals surface area contributed by atoms with Crippen molar-refractivity contribution in [3.05, 3.63) is 46.9 Å². The van der Waals surface area contributed by atoms with E-state index in [1.165, 1.54) is 0 Å². The summed E-state index contributed by atoms with van der Waals surface area (Å²) in [4.78, 5) is 29.5. The van der Waals surface area contributed by atoms with E-state index in [9.17, 15) is 14.7 Å². The highest BCUT2D eigenvalue weighted by Gasteiger charge is 2.39. The minimum atomic E-state index is -1.32. The van der Waals surface area contributed by atoms with Crippen molar-refractivity contribution in [2.24, 2.45) is 0 Å². The molecule has 10 nitrogen and oxygen atoms in total. The minimum absolute atomic E-state index is 0.0362. The number of amides is 3. The number of nitrogens with one attached hydrogen (secondary N) is 2. The average molecular weight is 576 g/mol. The molecule has 220 valence electrons. The fraction of sp³-hybridized carbons (Fsp3) is 0.586. The fourth-order valence-electron chi connectivity index (χ4n) is 4.91. The topological polar surface area (TPSA) is 108 Å². The van der Waals surface area contributed by atoms with Crippen LogP contribution in [0.3, 0.4) is 0 Å². The van der Waals surface area contributed by atoms with Crippen molar-refractivity contribution in [1.82, 2.24) is 25.0 Å². The van der Waals surface area contributed by atoms with Gasteiger partial charge in [-0.05, 0) is 43.9 Å². The molecule has 1 aliphatic carbocycles. The number of halogens is 1. The summed E-state index contributed by atoms with van der Waals surface area (Å²) in [5.41, 5.74) is 1.96. The van der Waals surface area contributed by atoms with E-state index in [0.717, 1.165) is 35.7 Å². The van der Waals surface area contributed by atoms with E-state index in [-0.39, 0.29) is 18.0 Å². The van der Waals surface area contributed by atoms with Crippen LogP contribution in [0.15, 0.2) is 36.4 Å². The van der Waals surface area contributed by atoms with E-state index in [1.54, 1.807) is 13.8 Å². The monoisotopic (exact) mass is 575 g/mol. The number of benzene rings is 1. The Labute approximate surface area is 241 Å². The largest absolute Gasteiger partial charge is 0.449 e. The molecule has 2 heterocycles. The molecule has 2 aromatic rings. The third-order valence-electron chi connectivity index (χ3n) is 6.88. The number of rotatable bonds is 12. The van der Waals surface area contributed by atoms with Crippen LogP contribution < -0.4 is 10.6 Å². The van der Waals surface area contributed by atoms with E-state index in [2.05, 4.69) is 16.7 Å². The second kappa shape index (κ2) is 13.1. The molecule has 1 aliphatic heterocycles. The zero-order valence-corrected chi connectivity index (χ0v) is 24.7. The van der Waals surface area contributed by atoms with Gasteiger partial charge in [0.2, 0.25) is 5.79 Å². The molecule has 2 aliphatic rings. The second-order valence-corrected chi connectivity index (χ2v) is 11.2. The van der Waals surface area contributed by atoms with Gasteiger partial charge >= 0.3 is 6.03 Å². The lowest BCUT2D eigenvalue weighted by atomic mass is 10.1. The summed E-state index contributed by atoms with van der Waals surface area (Å²) in [6, 6.07) is 6.07. The smallest absolute Gasteiger partial charge is 0.314 e. The highest BCUT2D eigenvalue weighted by molar-refractivity contribution is 6.35. The number of nitrogens with zero attached hydrogens (tertiary/aromatic N) is 3. The van der Waals surface area contributed by atoms with Crippen LogP contribution in [0.1, 0.15) is 52.5 Å². The van der Waals surface area contributed by atoms with Crippen LogP contribution in [0.2, 0.25) is 5.02 Å². The quantitative estimate of drug-likeness (QED) is 0.262. The number of urea groups is 1. The second-order valence-electron chi connectivity index (χ2n) is 10.8. The molecule has 4 rings (SSSR count). The summed E-state index contributed by atoms with van der Waals surface area (Å²) in [6.07, 6.45) is 5.86. The SMILES string of the molecule is CC/C=C(\OC(C)(C)O)N1CCOC(C(=O)N(Cc2ccc3c(Cl)cn(CCNC(=O)NCC)c3c2)C2CC2)C1. The third kappa shape index (κ3) is 7.83. The molecule has 11 heteroatoms. The van der Waals surface area contributed by atoms with Crippen LogP contribution in [0.5, 0.6) is 0 Å². The van der Waals surface area contributed by atoms with E-state index in [4.69, 9.17) is 21.1 Å². The Bertz CT molecular complexity index is 1220. The zero-order chi connectivity index (χ0) is 28.9. The first-order chi connectivity index (χ1) is 19.1. The van der Waals surface area contributed by atoms with Crippen LogP contribution >= 0.6 is 11.6 Å². The van der Waals surface area contributed by atoms with Gasteiger partial charge in [-0.25, -0.2) is 4.79 Å². The third-order valence-corrected chi connectivity index (χ3v) is 7.19. The highest BCUT2D eigenvalue weighted by atomic mass is 35.5. The number of aromatic nitrogens is 1. The Kier molecular flexibility index (Phi) is 9.86. The number of carbonyl (C=O) groups is 2. The van der Waals surface area contributed by atoms with Gasteiger partial charge in [0.1, 0.15) is 0 Å². The van der Waals surface area contributed by atoms with Gasteiger partial charge in [0.15, 0.2) is 12.0 Å². The number of carbonyl (C=O) groups excluding carboxylic acids is 2. The minimum Gasteiger partial charge on any atom is -0.449 e. The molecule has 1 unspecified atom stereocenters. The van der Waals surface area contributed by atoms with Crippen molar-refractivity contribution in [3.63, 3.8) is 0 Å². The molecule has 2 fully saturated rings. The van der Waals surface area contributed by atoms with Gasteiger partial charge in [-0.15, -0.1) is 0 Å². The van der Waals surface area contributed by atoms with Gasteiger partial charge in [-0.3, -0.25) is 4.79 Å². The summed E-state index contributed by atoms with van der Waals surface area (Å²) >= 11 is 6.50. The van der Waals surface area contributed by atoms with Gasteiger partial charge in [0, 0.05) is 69.7 Å². The number of hydrogen-bond acceptors (Lipinski definition) is 6. The van der Waals surface area contributed by atoms with Crippen LogP contribution in [0, 0.1) is 0 Å². The molecular weight excluding hydrogens is 534 g/mol. The van der Waals surface area contributed by atoms with Crippen LogP contribution in [-0.4, -0.2) is 82.1 Å². The zero-order valence-electron chi connectivity index (χ0n) is 23.9. The van der Waals surface area contributed by atoms with Crippen LogP contribution in [-0.2, 0) is 27.4 Å². The van der Waals surface area contributed by atoms with E-state index in [1.807, 2.05) is 52.6 Å². The summed E-state index contributed by atoms with van der Waals surface area (Å²) in [5.74, 6) is -0.791. The Morgan fingerprint density at radius 2 is 2.05 bits per heavy atom. The Hall–Kier alpha value is -2.95. The number of fused-ring (bicyclic) bond motifs is 1. The lowest BCUT2D eigenvalue weighted by Gasteiger charge is -2.38. The van der Waals surface area contributed by atoms with Crippen molar-refractivity contribution in [1.29, 1.82) is 0 Å². The van der Waals surface area contributed by atoms with E-state index < -0.39 is 11.9 Å². The maximum absolute atomic E-state index is 13.8. The maximum Gasteiger partial charge on any atom is 0.314 e. The lowest BCUT2D eigenvalue weighted by molar-refractivity contribution is -0.175. The van der Waals surface area contributed by atoms with Gasteiger partial charge in [-0.2, -0.15) is 0 Å². The first-order valence-electron chi connectivity index (χ1n) is 14.2. The first-order valence-corrected chi connectivity index (χ1v) is 14.5. The molecule has 1 saturated carbocycles. The van der Waals surface area contributed by atoms with Gasteiger partial charge < -0.3 is 39.6 Å². The average Bonchev–Trinajstić information content (AvgIpc) is 3.70. The summed E-state index contributed by atoms with van der Waals surface area (Å²) in [5, 5.41) is 17.4. The Balaban J connectivity index is 1.47. The molecule has 0 spiro atoms. The number of aliphatic hydroxyl groups is 1. The summed E-state index contributed by atoms with van der Waals surface area (Å²) in [6.45, 7) is 10.5. The molecule has 1 aromatic heterocycles. The number of hydrogen-bond donors (Lipinski definition) is 3. The fourth-order valence-corrected chi connectivity index (χ4v) is 5.19. The lowest BCUT2D eigenvalue weighted by Crippen LogP contribution is -2.51. The van der Waals surface area contributed by atoms with E-state index >= 15 is 0 Å². The molecule has 40 heavy (non-hydrogen) atoms. The molecule has 3 amide bonds. The van der Waals surface area contributed by atoms with Crippen molar-refractivity contribution in [2.75, 3.05) is 32.8 Å². The van der Waals surface area contributed by atoms with Gasteiger partial charge in [0.05, 0.1) is 18.2 Å². The normalized spacial score (nSPS) is 18.1. The van der Waals surface area contributed by atoms with Gasteiger partial charge in [0.25, 0.3) is 5.91 Å². The molecule has 1 aromatic carbocycles. The molecule has 1 saturated heterocycles. The highest BCUT2D eigenvalue weighted by Crippen LogP contribution is 2.32. The Morgan fingerprint density at radius 1 is 1.27 bits per heavy atom. The van der Waals surface area contributed by atoms with Crippen molar-refractivity contribution in [3.8, 4) is 0 Å². The predicted octanol–water partition coefficient (Wildman–Crippen LogP) is 3.80. The summed E-state index contributed by atoms with van der Waals surface area (Å²) in [7, 11) is 0.